The van der Waals surface area contributed by atoms with Crippen LogP contribution in [0.25, 0.3) is 5.57 Å². The van der Waals surface area contributed by atoms with Gasteiger partial charge in [-0.1, -0.05) is 50.1 Å². The standard InChI is InChI=1S/C15H20/c1-2-3-4-8-13-10-7-11-14-9-5-6-12-15(13)14/h5-6,8-9,12H,2-4,7,10-11H2,1H3. The van der Waals surface area contributed by atoms with Crippen molar-refractivity contribution in [2.75, 3.05) is 0 Å². The minimum Gasteiger partial charge on any atom is -0.0807 e. The molecule has 80 valence electrons. The Hall–Kier alpha value is -1.04. The zero-order valence-corrected chi connectivity index (χ0v) is 9.63. The first-order valence-electron chi connectivity index (χ1n) is 6.19. The maximum Gasteiger partial charge on any atom is -0.0196 e. The Morgan fingerprint density at radius 2 is 2.07 bits per heavy atom. The van der Waals surface area contributed by atoms with Gasteiger partial charge in [0.1, 0.15) is 0 Å². The van der Waals surface area contributed by atoms with Crippen LogP contribution in [0.5, 0.6) is 0 Å². The van der Waals surface area contributed by atoms with Crippen molar-refractivity contribution in [1.82, 2.24) is 0 Å². The average molecular weight is 200 g/mol. The van der Waals surface area contributed by atoms with Gasteiger partial charge in [-0.3, -0.25) is 0 Å². The van der Waals surface area contributed by atoms with E-state index in [1.54, 1.807) is 11.1 Å². The summed E-state index contributed by atoms with van der Waals surface area (Å²) in [6.45, 7) is 2.26. The molecule has 0 N–H and O–H groups in total. The van der Waals surface area contributed by atoms with Crippen molar-refractivity contribution < 1.29 is 0 Å². The zero-order valence-electron chi connectivity index (χ0n) is 9.63. The Bertz CT molecular complexity index is 347. The van der Waals surface area contributed by atoms with E-state index in [9.17, 15) is 0 Å². The van der Waals surface area contributed by atoms with Crippen LogP contribution in [0.3, 0.4) is 0 Å². The highest BCUT2D eigenvalue weighted by atomic mass is 14.2. The van der Waals surface area contributed by atoms with Gasteiger partial charge in [0, 0.05) is 0 Å². The molecule has 0 bridgehead atoms. The lowest BCUT2D eigenvalue weighted by Crippen LogP contribution is -2.01. The van der Waals surface area contributed by atoms with Crippen LogP contribution in [0.1, 0.15) is 50.2 Å². The second kappa shape index (κ2) is 5.16. The molecule has 0 heteroatoms. The van der Waals surface area contributed by atoms with Crippen LogP contribution in [-0.4, -0.2) is 0 Å². The van der Waals surface area contributed by atoms with E-state index in [0.29, 0.717) is 0 Å². The minimum atomic E-state index is 1.25. The van der Waals surface area contributed by atoms with Gasteiger partial charge in [0.05, 0.1) is 0 Å². The first-order valence-corrected chi connectivity index (χ1v) is 6.19. The summed E-state index contributed by atoms with van der Waals surface area (Å²) in [4.78, 5) is 0. The van der Waals surface area contributed by atoms with Crippen LogP contribution in [-0.2, 0) is 6.42 Å². The Labute approximate surface area is 93.0 Å². The van der Waals surface area contributed by atoms with Crippen molar-refractivity contribution in [3.8, 4) is 0 Å². The van der Waals surface area contributed by atoms with E-state index in [2.05, 4.69) is 37.3 Å². The van der Waals surface area contributed by atoms with E-state index in [0.717, 1.165) is 0 Å². The number of unbranched alkanes of at least 4 members (excludes halogenated alkanes) is 2. The molecule has 0 aliphatic heterocycles. The van der Waals surface area contributed by atoms with Crippen molar-refractivity contribution in [1.29, 1.82) is 0 Å². The number of fused-ring (bicyclic) bond motifs is 1. The zero-order chi connectivity index (χ0) is 10.5. The Balaban J connectivity index is 2.18. The number of aryl methyl sites for hydroxylation is 1. The van der Waals surface area contributed by atoms with Crippen molar-refractivity contribution in [3.63, 3.8) is 0 Å². The predicted molar refractivity (Wildman–Crippen MR) is 66.9 cm³/mol. The van der Waals surface area contributed by atoms with Crippen molar-refractivity contribution in [2.45, 2.75) is 45.4 Å². The molecule has 15 heavy (non-hydrogen) atoms. The molecule has 0 amide bonds. The first kappa shape index (κ1) is 10.5. The molecule has 1 aliphatic carbocycles. The van der Waals surface area contributed by atoms with E-state index in [4.69, 9.17) is 0 Å². The quantitative estimate of drug-likeness (QED) is 0.626. The van der Waals surface area contributed by atoms with Gasteiger partial charge in [-0.25, -0.2) is 0 Å². The van der Waals surface area contributed by atoms with Crippen LogP contribution in [0, 0.1) is 0 Å². The SMILES string of the molecule is CCCCC=C1CCCc2ccccc21. The summed E-state index contributed by atoms with van der Waals surface area (Å²) in [5.41, 5.74) is 4.65. The molecule has 0 atom stereocenters. The van der Waals surface area contributed by atoms with E-state index in [-0.39, 0.29) is 0 Å². The molecule has 1 aromatic carbocycles. The lowest BCUT2D eigenvalue weighted by atomic mass is 9.87. The van der Waals surface area contributed by atoms with Crippen molar-refractivity contribution in [3.05, 3.63) is 41.5 Å². The van der Waals surface area contributed by atoms with Crippen molar-refractivity contribution in [2.24, 2.45) is 0 Å². The molecular formula is C15H20. The molecular weight excluding hydrogens is 180 g/mol. The van der Waals surface area contributed by atoms with Gasteiger partial charge in [0.2, 0.25) is 0 Å². The third kappa shape index (κ3) is 2.50. The second-order valence-electron chi connectivity index (χ2n) is 4.38. The molecule has 0 nitrogen and oxygen atoms in total. The number of hydrogen-bond donors (Lipinski definition) is 0. The van der Waals surface area contributed by atoms with E-state index >= 15 is 0 Å². The molecule has 0 radical (unpaired) electrons. The molecule has 2 rings (SSSR count). The molecule has 0 saturated heterocycles. The van der Waals surface area contributed by atoms with Gasteiger partial charge in [-0.2, -0.15) is 0 Å². The lowest BCUT2D eigenvalue weighted by Gasteiger charge is -2.18. The first-order chi connectivity index (χ1) is 7.42. The Morgan fingerprint density at radius 3 is 2.93 bits per heavy atom. The number of hydrogen-bond acceptors (Lipinski definition) is 0. The summed E-state index contributed by atoms with van der Waals surface area (Å²) in [6, 6.07) is 8.89. The number of rotatable bonds is 3. The molecule has 0 heterocycles. The van der Waals surface area contributed by atoms with Gasteiger partial charge < -0.3 is 0 Å². The predicted octanol–water partition coefficient (Wildman–Crippen LogP) is 4.60. The second-order valence-corrected chi connectivity index (χ2v) is 4.38. The number of allylic oxidation sites excluding steroid dienone is 2. The molecule has 0 saturated carbocycles. The van der Waals surface area contributed by atoms with Crippen LogP contribution in [0.15, 0.2) is 30.3 Å². The largest absolute Gasteiger partial charge is 0.0807 e. The molecule has 0 aromatic heterocycles. The van der Waals surface area contributed by atoms with Crippen LogP contribution >= 0.6 is 0 Å². The lowest BCUT2D eigenvalue weighted by molar-refractivity contribution is 0.796. The average Bonchev–Trinajstić information content (AvgIpc) is 2.30. The van der Waals surface area contributed by atoms with E-state index < -0.39 is 0 Å². The highest BCUT2D eigenvalue weighted by Gasteiger charge is 2.12. The topological polar surface area (TPSA) is 0 Å². The molecule has 0 unspecified atom stereocenters. The summed E-state index contributed by atoms with van der Waals surface area (Å²) in [6.07, 6.45) is 10.2. The Morgan fingerprint density at radius 1 is 1.20 bits per heavy atom. The molecule has 0 fully saturated rings. The highest BCUT2D eigenvalue weighted by molar-refractivity contribution is 5.69. The minimum absolute atomic E-state index is 1.25. The monoisotopic (exact) mass is 200 g/mol. The molecule has 1 aliphatic rings. The summed E-state index contributed by atoms with van der Waals surface area (Å²) in [7, 11) is 0. The maximum atomic E-state index is 2.46. The van der Waals surface area contributed by atoms with Crippen LogP contribution in [0.4, 0.5) is 0 Å². The van der Waals surface area contributed by atoms with Gasteiger partial charge in [-0.05, 0) is 42.4 Å². The van der Waals surface area contributed by atoms with Gasteiger partial charge in [0.15, 0.2) is 0 Å². The summed E-state index contributed by atoms with van der Waals surface area (Å²) in [5, 5.41) is 0. The fraction of sp³-hybridized carbons (Fsp3) is 0.467. The fourth-order valence-corrected chi connectivity index (χ4v) is 2.35. The normalized spacial score (nSPS) is 17.8. The summed E-state index contributed by atoms with van der Waals surface area (Å²) >= 11 is 0. The maximum absolute atomic E-state index is 2.46. The highest BCUT2D eigenvalue weighted by Crippen LogP contribution is 2.30. The fourth-order valence-electron chi connectivity index (χ4n) is 2.35. The van der Waals surface area contributed by atoms with Crippen molar-refractivity contribution >= 4 is 5.57 Å². The molecule has 0 spiro atoms. The smallest absolute Gasteiger partial charge is 0.0196 e. The summed E-state index contributed by atoms with van der Waals surface area (Å²) < 4.78 is 0. The van der Waals surface area contributed by atoms with E-state index in [1.807, 2.05) is 0 Å². The molecule has 1 aromatic rings. The van der Waals surface area contributed by atoms with Crippen LogP contribution < -0.4 is 0 Å². The van der Waals surface area contributed by atoms with Crippen LogP contribution in [0.2, 0.25) is 0 Å². The Kier molecular flexibility index (Phi) is 3.60. The third-order valence-corrected chi connectivity index (χ3v) is 3.20. The van der Waals surface area contributed by atoms with E-state index in [1.165, 1.54) is 44.1 Å². The number of benzene rings is 1. The van der Waals surface area contributed by atoms with Gasteiger partial charge in [-0.15, -0.1) is 0 Å². The third-order valence-electron chi connectivity index (χ3n) is 3.20. The summed E-state index contributed by atoms with van der Waals surface area (Å²) in [5.74, 6) is 0. The van der Waals surface area contributed by atoms with Gasteiger partial charge >= 0.3 is 0 Å². The van der Waals surface area contributed by atoms with Gasteiger partial charge in [0.25, 0.3) is 0 Å².